The minimum atomic E-state index is -0.594. The van der Waals surface area contributed by atoms with Gasteiger partial charge in [0.2, 0.25) is 11.8 Å². The molecule has 7 nitrogen and oxygen atoms in total. The van der Waals surface area contributed by atoms with Gasteiger partial charge in [-0.3, -0.25) is 19.3 Å². The molecule has 3 amide bonds. The highest BCUT2D eigenvalue weighted by molar-refractivity contribution is 5.99. The van der Waals surface area contributed by atoms with E-state index in [1.54, 1.807) is 30.3 Å². The molecule has 32 heavy (non-hydrogen) atoms. The molecule has 8 heteroatoms. The van der Waals surface area contributed by atoms with Crippen molar-refractivity contribution in [2.45, 2.75) is 43.8 Å². The number of nitrogens with zero attached hydrogens (tertiary/aromatic N) is 1. The molecule has 3 atom stereocenters. The Kier molecular flexibility index (Phi) is 6.23. The van der Waals surface area contributed by atoms with Gasteiger partial charge in [-0.2, -0.15) is 0 Å². The predicted octanol–water partition coefficient (Wildman–Crippen LogP) is 1.92. The van der Waals surface area contributed by atoms with Crippen molar-refractivity contribution in [3.63, 3.8) is 0 Å². The molecule has 2 aromatic carbocycles. The van der Waals surface area contributed by atoms with Gasteiger partial charge in [-0.15, -0.1) is 0 Å². The zero-order chi connectivity index (χ0) is 22.8. The summed E-state index contributed by atoms with van der Waals surface area (Å²) in [6, 6.07) is 10.3. The maximum atomic E-state index is 13.6. The fraction of sp³-hybridized carbons (Fsp3) is 0.375. The number of carbonyl (C=O) groups excluding carboxylic acids is 3. The van der Waals surface area contributed by atoms with Gasteiger partial charge in [0.1, 0.15) is 5.82 Å². The van der Waals surface area contributed by atoms with Crippen LogP contribution in [0, 0.1) is 5.82 Å². The lowest BCUT2D eigenvalue weighted by molar-refractivity contribution is -0.126. The van der Waals surface area contributed by atoms with E-state index < -0.39 is 5.91 Å². The summed E-state index contributed by atoms with van der Waals surface area (Å²) >= 11 is 0. The van der Waals surface area contributed by atoms with Gasteiger partial charge in [0.25, 0.3) is 5.91 Å². The first kappa shape index (κ1) is 22.0. The minimum absolute atomic E-state index is 0.0952. The molecule has 1 saturated heterocycles. The van der Waals surface area contributed by atoms with Gasteiger partial charge in [-0.1, -0.05) is 12.1 Å². The van der Waals surface area contributed by atoms with E-state index in [2.05, 4.69) is 10.6 Å². The number of rotatable bonds is 5. The van der Waals surface area contributed by atoms with Gasteiger partial charge in [0, 0.05) is 23.7 Å². The smallest absolute Gasteiger partial charge is 0.251 e. The number of benzene rings is 2. The van der Waals surface area contributed by atoms with E-state index in [9.17, 15) is 18.8 Å². The lowest BCUT2D eigenvalue weighted by Gasteiger charge is -2.28. The Morgan fingerprint density at radius 3 is 2.66 bits per heavy atom. The maximum absolute atomic E-state index is 13.6. The zero-order valence-corrected chi connectivity index (χ0v) is 17.9. The van der Waals surface area contributed by atoms with Crippen LogP contribution in [0.3, 0.4) is 0 Å². The summed E-state index contributed by atoms with van der Waals surface area (Å²) in [4.78, 5) is 38.9. The van der Waals surface area contributed by atoms with E-state index in [0.29, 0.717) is 18.5 Å². The third-order valence-electron chi connectivity index (χ3n) is 6.33. The fourth-order valence-electron chi connectivity index (χ4n) is 4.69. The van der Waals surface area contributed by atoms with E-state index >= 15 is 0 Å². The fourth-order valence-corrected chi connectivity index (χ4v) is 4.69. The molecule has 4 rings (SSSR count). The predicted molar refractivity (Wildman–Crippen MR) is 117 cm³/mol. The van der Waals surface area contributed by atoms with Crippen molar-refractivity contribution in [3.8, 4) is 0 Å². The Morgan fingerprint density at radius 2 is 1.88 bits per heavy atom. The Bertz CT molecular complexity index is 1060. The van der Waals surface area contributed by atoms with Crippen LogP contribution < -0.4 is 16.4 Å². The van der Waals surface area contributed by atoms with Crippen molar-refractivity contribution < 1.29 is 18.8 Å². The molecule has 0 saturated carbocycles. The number of fused-ring (bicyclic) bond motifs is 1. The maximum Gasteiger partial charge on any atom is 0.251 e. The monoisotopic (exact) mass is 438 g/mol. The minimum Gasteiger partial charge on any atom is -0.366 e. The van der Waals surface area contributed by atoms with Crippen LogP contribution in [0.15, 0.2) is 42.5 Å². The lowest BCUT2D eigenvalue weighted by Crippen LogP contribution is -2.43. The highest BCUT2D eigenvalue weighted by Crippen LogP contribution is 2.30. The summed E-state index contributed by atoms with van der Waals surface area (Å²) in [5, 5.41) is 6.07. The SMILES string of the molecule is CN1CC(NC(=O)c2cccc(C(N)=O)c2)CC1C(=O)NC1CCCc2cc(F)ccc21. The molecule has 0 radical (unpaired) electrons. The van der Waals surface area contributed by atoms with Crippen molar-refractivity contribution in [2.75, 3.05) is 13.6 Å². The van der Waals surface area contributed by atoms with Crippen LogP contribution in [0.25, 0.3) is 0 Å². The normalized spacial score (nSPS) is 22.8. The van der Waals surface area contributed by atoms with Crippen LogP contribution in [0.2, 0.25) is 0 Å². The second-order valence-electron chi connectivity index (χ2n) is 8.60. The van der Waals surface area contributed by atoms with Crippen molar-refractivity contribution >= 4 is 17.7 Å². The molecule has 0 spiro atoms. The third-order valence-corrected chi connectivity index (χ3v) is 6.33. The van der Waals surface area contributed by atoms with Crippen molar-refractivity contribution in [3.05, 3.63) is 70.5 Å². The first-order valence-corrected chi connectivity index (χ1v) is 10.8. The molecule has 3 unspecified atom stereocenters. The zero-order valence-electron chi connectivity index (χ0n) is 17.9. The van der Waals surface area contributed by atoms with E-state index in [-0.39, 0.29) is 41.3 Å². The van der Waals surface area contributed by atoms with Crippen molar-refractivity contribution in [1.29, 1.82) is 0 Å². The Balaban J connectivity index is 1.38. The van der Waals surface area contributed by atoms with E-state index in [0.717, 1.165) is 30.4 Å². The summed E-state index contributed by atoms with van der Waals surface area (Å²) in [7, 11) is 1.86. The average Bonchev–Trinajstić information content (AvgIpc) is 3.13. The molecule has 4 N–H and O–H groups in total. The quantitative estimate of drug-likeness (QED) is 0.663. The lowest BCUT2D eigenvalue weighted by atomic mass is 9.87. The Hall–Kier alpha value is -3.26. The van der Waals surface area contributed by atoms with E-state index in [1.807, 2.05) is 11.9 Å². The number of halogens is 1. The number of carbonyl (C=O) groups is 3. The molecular weight excluding hydrogens is 411 g/mol. The largest absolute Gasteiger partial charge is 0.366 e. The highest BCUT2D eigenvalue weighted by Gasteiger charge is 2.36. The van der Waals surface area contributed by atoms with Gasteiger partial charge in [0.15, 0.2) is 0 Å². The standard InChI is InChI=1S/C24H27FN4O3/c1-29-13-18(27-23(31)16-6-2-5-15(10-16)22(26)30)12-21(29)24(32)28-20-7-3-4-14-11-17(25)8-9-19(14)20/h2,5-6,8-11,18,20-21H,3-4,7,12-13H2,1H3,(H2,26,30)(H,27,31)(H,28,32). The molecule has 1 heterocycles. The Labute approximate surface area is 186 Å². The molecule has 1 fully saturated rings. The van der Waals surface area contributed by atoms with Crippen molar-refractivity contribution in [1.82, 2.24) is 15.5 Å². The number of likely N-dealkylation sites (N-methyl/N-ethyl adjacent to an activating group) is 1. The summed E-state index contributed by atoms with van der Waals surface area (Å²) in [5.74, 6) is -1.26. The number of likely N-dealkylation sites (tertiary alicyclic amines) is 1. The summed E-state index contributed by atoms with van der Waals surface area (Å²) in [5.41, 5.74) is 7.84. The van der Waals surface area contributed by atoms with Crippen LogP contribution in [0.1, 0.15) is 57.1 Å². The molecule has 1 aliphatic carbocycles. The summed E-state index contributed by atoms with van der Waals surface area (Å²) in [6.45, 7) is 0.534. The number of primary amides is 1. The second kappa shape index (κ2) is 9.08. The van der Waals surface area contributed by atoms with E-state index in [1.165, 1.54) is 12.1 Å². The molecule has 2 aliphatic rings. The van der Waals surface area contributed by atoms with Crippen molar-refractivity contribution in [2.24, 2.45) is 5.73 Å². The van der Waals surface area contributed by atoms with Gasteiger partial charge in [-0.25, -0.2) is 4.39 Å². The molecule has 1 aliphatic heterocycles. The molecule has 0 aromatic heterocycles. The van der Waals surface area contributed by atoms with E-state index in [4.69, 9.17) is 5.73 Å². The number of hydrogen-bond acceptors (Lipinski definition) is 4. The molecule has 2 aromatic rings. The van der Waals surface area contributed by atoms with Crippen LogP contribution in [-0.4, -0.2) is 48.3 Å². The molecule has 168 valence electrons. The second-order valence-corrected chi connectivity index (χ2v) is 8.60. The molecule has 0 bridgehead atoms. The number of nitrogens with two attached hydrogens (primary N) is 1. The summed E-state index contributed by atoms with van der Waals surface area (Å²) in [6.07, 6.45) is 3.00. The van der Waals surface area contributed by atoms with Crippen LogP contribution in [-0.2, 0) is 11.2 Å². The van der Waals surface area contributed by atoms with Crippen LogP contribution >= 0.6 is 0 Å². The number of amides is 3. The first-order chi connectivity index (χ1) is 15.3. The Morgan fingerprint density at radius 1 is 1.09 bits per heavy atom. The third kappa shape index (κ3) is 4.65. The number of hydrogen-bond donors (Lipinski definition) is 3. The van der Waals surface area contributed by atoms with Gasteiger partial charge >= 0.3 is 0 Å². The number of nitrogens with one attached hydrogen (secondary N) is 2. The first-order valence-electron chi connectivity index (χ1n) is 10.8. The highest BCUT2D eigenvalue weighted by atomic mass is 19.1. The summed E-state index contributed by atoms with van der Waals surface area (Å²) < 4.78 is 13.6. The molecular formula is C24H27FN4O3. The van der Waals surface area contributed by atoms with Crippen LogP contribution in [0.4, 0.5) is 4.39 Å². The van der Waals surface area contributed by atoms with Gasteiger partial charge in [0.05, 0.1) is 12.1 Å². The van der Waals surface area contributed by atoms with Gasteiger partial charge in [-0.05, 0) is 74.2 Å². The van der Waals surface area contributed by atoms with Gasteiger partial charge < -0.3 is 16.4 Å². The van der Waals surface area contributed by atoms with Crippen LogP contribution in [0.5, 0.6) is 0 Å². The average molecular weight is 439 g/mol. The number of aryl methyl sites for hydroxylation is 1. The topological polar surface area (TPSA) is 105 Å².